The number of amides is 1. The molecule has 2 atom stereocenters. The summed E-state index contributed by atoms with van der Waals surface area (Å²) in [4.78, 5) is 15.4. The number of benzene rings is 1. The van der Waals surface area contributed by atoms with Crippen molar-refractivity contribution in [3.63, 3.8) is 0 Å². The minimum atomic E-state index is 0.0849. The molecule has 1 amide bonds. The van der Waals surface area contributed by atoms with Gasteiger partial charge in [-0.15, -0.1) is 0 Å². The van der Waals surface area contributed by atoms with E-state index < -0.39 is 0 Å². The molecule has 1 aliphatic carbocycles. The Morgan fingerprint density at radius 3 is 2.75 bits per heavy atom. The smallest absolute Gasteiger partial charge is 0.258 e. The second-order valence-corrected chi connectivity index (χ2v) is 7.69. The molecule has 3 fully saturated rings. The van der Waals surface area contributed by atoms with E-state index in [9.17, 15) is 4.79 Å². The van der Waals surface area contributed by atoms with Crippen molar-refractivity contribution in [3.05, 3.63) is 28.8 Å². The highest BCUT2D eigenvalue weighted by Crippen LogP contribution is 2.34. The van der Waals surface area contributed by atoms with E-state index in [0.717, 1.165) is 45.2 Å². The van der Waals surface area contributed by atoms with Gasteiger partial charge < -0.3 is 15.0 Å². The molecule has 0 radical (unpaired) electrons. The van der Waals surface area contributed by atoms with E-state index in [1.54, 1.807) is 6.07 Å². The van der Waals surface area contributed by atoms with Gasteiger partial charge in [0, 0.05) is 23.7 Å². The van der Waals surface area contributed by atoms with E-state index in [1.165, 1.54) is 12.8 Å². The Morgan fingerprint density at radius 2 is 1.92 bits per heavy atom. The van der Waals surface area contributed by atoms with Gasteiger partial charge in [-0.1, -0.05) is 11.6 Å². The molecule has 4 nitrogen and oxygen atoms in total. The summed E-state index contributed by atoms with van der Waals surface area (Å²) in [5.74, 6) is 0.787. The molecule has 5 heteroatoms. The van der Waals surface area contributed by atoms with Gasteiger partial charge >= 0.3 is 0 Å². The average Bonchev–Trinajstić information content (AvgIpc) is 3.15. The summed E-state index contributed by atoms with van der Waals surface area (Å²) in [5, 5.41) is 4.04. The predicted molar refractivity (Wildman–Crippen MR) is 94.8 cm³/mol. The summed E-state index contributed by atoms with van der Waals surface area (Å²) in [7, 11) is 0. The molecule has 24 heavy (non-hydrogen) atoms. The second kappa shape index (κ2) is 6.93. The molecular weight excluding hydrogens is 324 g/mol. The van der Waals surface area contributed by atoms with E-state index in [2.05, 4.69) is 10.2 Å². The summed E-state index contributed by atoms with van der Waals surface area (Å²) in [5.41, 5.74) is 0.633. The van der Waals surface area contributed by atoms with Crippen LogP contribution in [0.1, 0.15) is 55.3 Å². The minimum absolute atomic E-state index is 0.0849. The minimum Gasteiger partial charge on any atom is -0.490 e. The maximum Gasteiger partial charge on any atom is 0.258 e. The zero-order valence-corrected chi connectivity index (χ0v) is 14.7. The van der Waals surface area contributed by atoms with Crippen molar-refractivity contribution in [1.29, 1.82) is 0 Å². The lowest BCUT2D eigenvalue weighted by Gasteiger charge is -2.29. The maximum atomic E-state index is 13.3. The normalized spacial score (nSPS) is 27.3. The largest absolute Gasteiger partial charge is 0.490 e. The van der Waals surface area contributed by atoms with Gasteiger partial charge in [-0.2, -0.15) is 0 Å². The third-order valence-electron chi connectivity index (χ3n) is 5.66. The summed E-state index contributed by atoms with van der Waals surface area (Å²) in [6.07, 6.45) is 8.04. The Labute approximate surface area is 148 Å². The van der Waals surface area contributed by atoms with Crippen molar-refractivity contribution in [2.75, 3.05) is 13.1 Å². The number of carbonyl (C=O) groups excluding carboxylic acids is 1. The predicted octanol–water partition coefficient (Wildman–Crippen LogP) is 3.63. The van der Waals surface area contributed by atoms with Crippen LogP contribution in [-0.2, 0) is 0 Å². The standard InChI is InChI=1S/C19H25ClN2O2/c20-13-5-8-18(24-16-3-1-2-4-16)17(11-13)19(23)22-14-6-7-15(22)12-21-10-9-14/h5,8,11,14-16,21H,1-4,6-7,9-10,12H2. The highest BCUT2D eigenvalue weighted by molar-refractivity contribution is 6.31. The molecule has 4 rings (SSSR count). The van der Waals surface area contributed by atoms with E-state index in [4.69, 9.17) is 16.3 Å². The van der Waals surface area contributed by atoms with Crippen LogP contribution in [0.2, 0.25) is 5.02 Å². The first-order valence-corrected chi connectivity index (χ1v) is 9.60. The van der Waals surface area contributed by atoms with Crippen molar-refractivity contribution >= 4 is 17.5 Å². The first-order valence-electron chi connectivity index (χ1n) is 9.22. The van der Waals surface area contributed by atoms with Crippen LogP contribution in [-0.4, -0.2) is 42.1 Å². The fraction of sp³-hybridized carbons (Fsp3) is 0.632. The molecule has 130 valence electrons. The van der Waals surface area contributed by atoms with Crippen LogP contribution in [0.4, 0.5) is 0 Å². The maximum absolute atomic E-state index is 13.3. The zero-order chi connectivity index (χ0) is 16.5. The van der Waals surface area contributed by atoms with Crippen molar-refractivity contribution < 1.29 is 9.53 Å². The Bertz CT molecular complexity index is 601. The number of nitrogens with zero attached hydrogens (tertiary/aromatic N) is 1. The molecule has 0 aromatic heterocycles. The molecule has 3 aliphatic rings. The number of ether oxygens (including phenoxy) is 1. The fourth-order valence-corrected chi connectivity index (χ4v) is 4.58. The Balaban J connectivity index is 1.62. The molecule has 1 N–H and O–H groups in total. The van der Waals surface area contributed by atoms with Gasteiger partial charge in [-0.3, -0.25) is 4.79 Å². The van der Waals surface area contributed by atoms with Crippen LogP contribution >= 0.6 is 11.6 Å². The molecule has 2 aliphatic heterocycles. The first kappa shape index (κ1) is 16.2. The van der Waals surface area contributed by atoms with Crippen LogP contribution in [0.25, 0.3) is 0 Å². The van der Waals surface area contributed by atoms with Gasteiger partial charge in [-0.05, 0) is 69.7 Å². The molecule has 1 aromatic carbocycles. The van der Waals surface area contributed by atoms with E-state index >= 15 is 0 Å². The number of rotatable bonds is 3. The third-order valence-corrected chi connectivity index (χ3v) is 5.89. The van der Waals surface area contributed by atoms with Gasteiger partial charge in [0.1, 0.15) is 5.75 Å². The number of hydrogen-bond donors (Lipinski definition) is 1. The van der Waals surface area contributed by atoms with E-state index in [-0.39, 0.29) is 12.0 Å². The van der Waals surface area contributed by atoms with Gasteiger partial charge in [0.2, 0.25) is 0 Å². The Morgan fingerprint density at radius 1 is 1.12 bits per heavy atom. The number of hydrogen-bond acceptors (Lipinski definition) is 3. The summed E-state index contributed by atoms with van der Waals surface area (Å²) < 4.78 is 6.17. The van der Waals surface area contributed by atoms with Gasteiger partial charge in [0.05, 0.1) is 11.7 Å². The van der Waals surface area contributed by atoms with Crippen molar-refractivity contribution in [2.45, 2.75) is 63.1 Å². The monoisotopic (exact) mass is 348 g/mol. The van der Waals surface area contributed by atoms with Crippen LogP contribution in [0.15, 0.2) is 18.2 Å². The van der Waals surface area contributed by atoms with Crippen LogP contribution in [0, 0.1) is 0 Å². The highest BCUT2D eigenvalue weighted by Gasteiger charge is 2.39. The molecule has 2 bridgehead atoms. The molecule has 0 spiro atoms. The van der Waals surface area contributed by atoms with E-state index in [1.807, 2.05) is 12.1 Å². The lowest BCUT2D eigenvalue weighted by molar-refractivity contribution is 0.0673. The SMILES string of the molecule is O=C(c1cc(Cl)ccc1OC1CCCC1)N1C2CCNCC1CC2. The van der Waals surface area contributed by atoms with Crippen LogP contribution < -0.4 is 10.1 Å². The fourth-order valence-electron chi connectivity index (χ4n) is 4.41. The molecular formula is C19H25ClN2O2. The molecule has 1 saturated carbocycles. The number of fused-ring (bicyclic) bond motifs is 2. The van der Waals surface area contributed by atoms with Gasteiger partial charge in [-0.25, -0.2) is 0 Å². The van der Waals surface area contributed by atoms with Gasteiger partial charge in [0.25, 0.3) is 5.91 Å². The number of carbonyl (C=O) groups is 1. The second-order valence-electron chi connectivity index (χ2n) is 7.26. The summed E-state index contributed by atoms with van der Waals surface area (Å²) in [6, 6.07) is 6.11. The topological polar surface area (TPSA) is 41.6 Å². The molecule has 2 heterocycles. The quantitative estimate of drug-likeness (QED) is 0.907. The molecule has 1 aromatic rings. The zero-order valence-electron chi connectivity index (χ0n) is 14.0. The summed E-state index contributed by atoms with van der Waals surface area (Å²) >= 11 is 6.20. The van der Waals surface area contributed by atoms with E-state index in [0.29, 0.717) is 28.4 Å². The number of nitrogens with one attached hydrogen (secondary N) is 1. The molecule has 2 unspecified atom stereocenters. The van der Waals surface area contributed by atoms with Crippen LogP contribution in [0.3, 0.4) is 0 Å². The van der Waals surface area contributed by atoms with Crippen molar-refractivity contribution in [3.8, 4) is 5.75 Å². The Hall–Kier alpha value is -1.26. The first-order chi connectivity index (χ1) is 11.7. The number of halogens is 1. The molecule has 2 saturated heterocycles. The third kappa shape index (κ3) is 3.14. The lowest BCUT2D eigenvalue weighted by Crippen LogP contribution is -2.42. The van der Waals surface area contributed by atoms with Crippen molar-refractivity contribution in [2.24, 2.45) is 0 Å². The van der Waals surface area contributed by atoms with Gasteiger partial charge in [0.15, 0.2) is 0 Å². The Kier molecular flexibility index (Phi) is 4.68. The summed E-state index contributed by atoms with van der Waals surface area (Å²) in [6.45, 7) is 1.88. The highest BCUT2D eigenvalue weighted by atomic mass is 35.5. The van der Waals surface area contributed by atoms with Crippen molar-refractivity contribution in [1.82, 2.24) is 10.2 Å². The lowest BCUT2D eigenvalue weighted by atomic mass is 10.1. The average molecular weight is 349 g/mol. The van der Waals surface area contributed by atoms with Crippen LogP contribution in [0.5, 0.6) is 5.75 Å².